The first-order valence-electron chi connectivity index (χ1n) is 8.42. The number of nitrogens with one attached hydrogen (secondary N) is 1. The Morgan fingerprint density at radius 1 is 1.25 bits per heavy atom. The molecule has 2 aromatic rings. The molecule has 0 saturated carbocycles. The van der Waals surface area contributed by atoms with E-state index >= 15 is 0 Å². The summed E-state index contributed by atoms with van der Waals surface area (Å²) in [6, 6.07) is 16.3. The van der Waals surface area contributed by atoms with E-state index in [1.54, 1.807) is 0 Å². The van der Waals surface area contributed by atoms with Crippen molar-refractivity contribution in [2.24, 2.45) is 0 Å². The summed E-state index contributed by atoms with van der Waals surface area (Å²) in [4.78, 5) is 14.4. The number of carbonyl (C=O) groups is 1. The number of hydrogen-bond acceptors (Lipinski definition) is 2. The van der Waals surface area contributed by atoms with Crippen molar-refractivity contribution in [2.45, 2.75) is 31.8 Å². The number of fused-ring (bicyclic) bond motifs is 1. The number of benzene rings is 2. The fraction of sp³-hybridized carbons (Fsp3) is 0.350. The zero-order valence-electron chi connectivity index (χ0n) is 14.0. The third kappa shape index (κ3) is 4.37. The van der Waals surface area contributed by atoms with Crippen LogP contribution in [0, 0.1) is 0 Å². The minimum Gasteiger partial charge on any atom is -0.348 e. The number of likely N-dealkylation sites (N-methyl/N-ethyl adjacent to an activating group) is 1. The minimum atomic E-state index is 0.0706. The van der Waals surface area contributed by atoms with Gasteiger partial charge >= 0.3 is 0 Å². The van der Waals surface area contributed by atoms with E-state index < -0.39 is 0 Å². The van der Waals surface area contributed by atoms with Gasteiger partial charge in [0.15, 0.2) is 0 Å². The summed E-state index contributed by atoms with van der Waals surface area (Å²) < 4.78 is 0. The van der Waals surface area contributed by atoms with Gasteiger partial charge in [-0.3, -0.25) is 9.69 Å². The van der Waals surface area contributed by atoms with E-state index in [1.807, 2.05) is 36.2 Å². The monoisotopic (exact) mass is 342 g/mol. The number of nitrogens with zero attached hydrogens (tertiary/aromatic N) is 1. The Kier molecular flexibility index (Phi) is 5.54. The molecule has 0 aliphatic heterocycles. The van der Waals surface area contributed by atoms with Crippen molar-refractivity contribution in [3.63, 3.8) is 0 Å². The first-order chi connectivity index (χ1) is 11.6. The van der Waals surface area contributed by atoms with Crippen LogP contribution < -0.4 is 5.32 Å². The largest absolute Gasteiger partial charge is 0.348 e. The van der Waals surface area contributed by atoms with E-state index in [0.29, 0.717) is 13.1 Å². The Balaban J connectivity index is 1.56. The van der Waals surface area contributed by atoms with Crippen molar-refractivity contribution in [2.75, 3.05) is 13.6 Å². The van der Waals surface area contributed by atoms with Gasteiger partial charge in [-0.1, -0.05) is 48.0 Å². The van der Waals surface area contributed by atoms with Gasteiger partial charge in [-0.2, -0.15) is 0 Å². The summed E-state index contributed by atoms with van der Waals surface area (Å²) in [5.41, 5.74) is 3.75. The van der Waals surface area contributed by atoms with E-state index in [0.717, 1.165) is 29.8 Å². The normalized spacial score (nSPS) is 16.7. The first-order valence-corrected chi connectivity index (χ1v) is 8.80. The Labute approximate surface area is 148 Å². The summed E-state index contributed by atoms with van der Waals surface area (Å²) in [5.74, 6) is 0.0706. The average Bonchev–Trinajstić information content (AvgIpc) is 2.55. The van der Waals surface area contributed by atoms with E-state index in [1.165, 1.54) is 11.1 Å². The topological polar surface area (TPSA) is 32.3 Å². The second-order valence-corrected chi connectivity index (χ2v) is 6.95. The maximum absolute atomic E-state index is 12.4. The van der Waals surface area contributed by atoms with Crippen LogP contribution in [0.5, 0.6) is 0 Å². The fourth-order valence-electron chi connectivity index (χ4n) is 3.39. The van der Waals surface area contributed by atoms with Gasteiger partial charge in [-0.15, -0.1) is 0 Å². The molecule has 126 valence electrons. The second-order valence-electron chi connectivity index (χ2n) is 6.51. The third-order valence-corrected chi connectivity index (χ3v) is 4.69. The van der Waals surface area contributed by atoms with Gasteiger partial charge in [0.25, 0.3) is 0 Å². The number of halogens is 1. The maximum atomic E-state index is 12.4. The van der Waals surface area contributed by atoms with Crippen LogP contribution in [0.25, 0.3) is 0 Å². The average molecular weight is 343 g/mol. The van der Waals surface area contributed by atoms with Crippen molar-refractivity contribution < 1.29 is 4.79 Å². The molecule has 0 aromatic heterocycles. The summed E-state index contributed by atoms with van der Waals surface area (Å²) in [6.45, 7) is 1.08. The summed E-state index contributed by atoms with van der Waals surface area (Å²) >= 11 is 6.01. The molecule has 0 heterocycles. The minimum absolute atomic E-state index is 0.0706. The molecule has 1 aliphatic carbocycles. The number of carbonyl (C=O) groups excluding carboxylic acids is 1. The lowest BCUT2D eigenvalue weighted by Gasteiger charge is -2.27. The van der Waals surface area contributed by atoms with Crippen LogP contribution in [0.2, 0.25) is 5.02 Å². The maximum Gasteiger partial charge on any atom is 0.234 e. The number of hydrogen-bond donors (Lipinski definition) is 1. The van der Waals surface area contributed by atoms with Gasteiger partial charge in [-0.25, -0.2) is 0 Å². The van der Waals surface area contributed by atoms with Crippen LogP contribution in [-0.4, -0.2) is 24.4 Å². The van der Waals surface area contributed by atoms with Crippen LogP contribution in [-0.2, 0) is 17.8 Å². The van der Waals surface area contributed by atoms with Gasteiger partial charge in [0.2, 0.25) is 5.91 Å². The Hall–Kier alpha value is -1.84. The van der Waals surface area contributed by atoms with Crippen molar-refractivity contribution >= 4 is 17.5 Å². The van der Waals surface area contributed by atoms with Crippen molar-refractivity contribution in [1.29, 1.82) is 0 Å². The van der Waals surface area contributed by atoms with E-state index in [2.05, 4.69) is 29.6 Å². The molecule has 1 aliphatic rings. The lowest BCUT2D eigenvalue weighted by Crippen LogP contribution is -2.38. The third-order valence-electron chi connectivity index (χ3n) is 4.46. The lowest BCUT2D eigenvalue weighted by atomic mass is 9.88. The predicted molar refractivity (Wildman–Crippen MR) is 98.0 cm³/mol. The van der Waals surface area contributed by atoms with Crippen molar-refractivity contribution in [1.82, 2.24) is 10.2 Å². The molecule has 0 fully saturated rings. The van der Waals surface area contributed by atoms with Crippen LogP contribution in [0.15, 0.2) is 48.5 Å². The van der Waals surface area contributed by atoms with Crippen LogP contribution in [0.3, 0.4) is 0 Å². The van der Waals surface area contributed by atoms with E-state index in [-0.39, 0.29) is 11.9 Å². The standard InChI is InChI=1S/C20H23ClN2O/c1-23(13-15-6-4-9-17(21)12-15)14-20(24)22-19-11-5-8-16-7-2-3-10-18(16)19/h2-4,6-7,9-10,12,19H,5,8,11,13-14H2,1H3,(H,22,24)/t19-/m0/s1. The van der Waals surface area contributed by atoms with Crippen LogP contribution >= 0.6 is 11.6 Å². The zero-order valence-corrected chi connectivity index (χ0v) is 14.7. The molecule has 3 nitrogen and oxygen atoms in total. The van der Waals surface area contributed by atoms with E-state index in [9.17, 15) is 4.79 Å². The first kappa shape index (κ1) is 17.0. The molecule has 0 radical (unpaired) electrons. The van der Waals surface area contributed by atoms with Crippen molar-refractivity contribution in [3.05, 3.63) is 70.2 Å². The quantitative estimate of drug-likeness (QED) is 0.891. The van der Waals surface area contributed by atoms with Gasteiger partial charge in [0, 0.05) is 11.6 Å². The smallest absolute Gasteiger partial charge is 0.234 e. The Morgan fingerprint density at radius 3 is 2.92 bits per heavy atom. The molecule has 3 rings (SSSR count). The molecule has 24 heavy (non-hydrogen) atoms. The molecule has 4 heteroatoms. The molecule has 0 spiro atoms. The van der Waals surface area contributed by atoms with Gasteiger partial charge in [0.1, 0.15) is 0 Å². The van der Waals surface area contributed by atoms with Crippen LogP contribution in [0.1, 0.15) is 35.6 Å². The molecular weight excluding hydrogens is 320 g/mol. The highest BCUT2D eigenvalue weighted by Gasteiger charge is 2.21. The molecule has 0 unspecified atom stereocenters. The van der Waals surface area contributed by atoms with Crippen LogP contribution in [0.4, 0.5) is 0 Å². The SMILES string of the molecule is CN(CC(=O)N[C@H]1CCCc2ccccc21)Cc1cccc(Cl)c1. The highest BCUT2D eigenvalue weighted by atomic mass is 35.5. The predicted octanol–water partition coefficient (Wildman–Crippen LogP) is 3.97. The molecule has 2 aromatic carbocycles. The number of aryl methyl sites for hydroxylation is 1. The van der Waals surface area contributed by atoms with Gasteiger partial charge < -0.3 is 5.32 Å². The summed E-state index contributed by atoms with van der Waals surface area (Å²) in [6.07, 6.45) is 3.25. The highest BCUT2D eigenvalue weighted by Crippen LogP contribution is 2.29. The molecule has 0 saturated heterocycles. The summed E-state index contributed by atoms with van der Waals surface area (Å²) in [5, 5.41) is 3.92. The Morgan fingerprint density at radius 2 is 2.08 bits per heavy atom. The Bertz CT molecular complexity index is 716. The fourth-order valence-corrected chi connectivity index (χ4v) is 3.60. The number of amides is 1. The lowest BCUT2D eigenvalue weighted by molar-refractivity contribution is -0.122. The second kappa shape index (κ2) is 7.82. The molecule has 1 atom stereocenters. The van der Waals surface area contributed by atoms with Gasteiger partial charge in [-0.05, 0) is 55.1 Å². The van der Waals surface area contributed by atoms with Gasteiger partial charge in [0.05, 0.1) is 12.6 Å². The number of rotatable bonds is 5. The van der Waals surface area contributed by atoms with Crippen molar-refractivity contribution in [3.8, 4) is 0 Å². The highest BCUT2D eigenvalue weighted by molar-refractivity contribution is 6.30. The van der Waals surface area contributed by atoms with E-state index in [4.69, 9.17) is 11.6 Å². The molecule has 0 bridgehead atoms. The summed E-state index contributed by atoms with van der Waals surface area (Å²) in [7, 11) is 1.95. The molecule has 1 N–H and O–H groups in total. The zero-order chi connectivity index (χ0) is 16.9. The molecule has 1 amide bonds. The molecular formula is C20H23ClN2O.